The second kappa shape index (κ2) is 11.7. The van der Waals surface area contributed by atoms with E-state index in [1.54, 1.807) is 7.05 Å². The number of hydrogen-bond acceptors (Lipinski definition) is 3. The molecule has 1 heterocycles. The lowest BCUT2D eigenvalue weighted by Gasteiger charge is -2.34. The first-order valence-electron chi connectivity index (χ1n) is 9.10. The lowest BCUT2D eigenvalue weighted by molar-refractivity contribution is 0.132. The van der Waals surface area contributed by atoms with E-state index in [4.69, 9.17) is 0 Å². The van der Waals surface area contributed by atoms with Gasteiger partial charge in [-0.1, -0.05) is 31.2 Å². The lowest BCUT2D eigenvalue weighted by atomic mass is 10.1. The quantitative estimate of drug-likeness (QED) is 0.390. The maximum atomic E-state index is 4.24. The van der Waals surface area contributed by atoms with Crippen LogP contribution in [0.2, 0.25) is 0 Å². The second-order valence-electron chi connectivity index (χ2n) is 6.75. The summed E-state index contributed by atoms with van der Waals surface area (Å²) in [4.78, 5) is 9.30. The largest absolute Gasteiger partial charge is 0.354 e. The average molecular weight is 459 g/mol. The Balaban J connectivity index is 0.00000312. The monoisotopic (exact) mass is 459 g/mol. The van der Waals surface area contributed by atoms with Crippen LogP contribution in [0.4, 0.5) is 0 Å². The molecule has 6 heteroatoms. The molecule has 0 aromatic heterocycles. The van der Waals surface area contributed by atoms with Crippen molar-refractivity contribution in [2.24, 2.45) is 4.99 Å². The number of nitrogens with zero attached hydrogens (tertiary/aromatic N) is 3. The molecule has 1 saturated heterocycles. The van der Waals surface area contributed by atoms with Gasteiger partial charge >= 0.3 is 0 Å². The summed E-state index contributed by atoms with van der Waals surface area (Å²) in [7, 11) is 1.80. The molecule has 0 atom stereocenters. The van der Waals surface area contributed by atoms with Crippen LogP contribution in [-0.4, -0.2) is 61.6 Å². The molecule has 0 radical (unpaired) electrons. The zero-order valence-corrected chi connectivity index (χ0v) is 18.4. The highest BCUT2D eigenvalue weighted by Crippen LogP contribution is 2.10. The molecule has 5 nitrogen and oxygen atoms in total. The van der Waals surface area contributed by atoms with E-state index in [1.165, 1.54) is 43.9 Å². The number of nitrogens with one attached hydrogen (secondary N) is 2. The molecule has 1 aromatic rings. The van der Waals surface area contributed by atoms with Gasteiger partial charge in [0.2, 0.25) is 0 Å². The van der Waals surface area contributed by atoms with Crippen LogP contribution in [-0.2, 0) is 13.1 Å². The summed E-state index contributed by atoms with van der Waals surface area (Å²) >= 11 is 0. The Kier molecular flexibility index (Phi) is 10.4. The van der Waals surface area contributed by atoms with E-state index in [-0.39, 0.29) is 24.0 Å². The number of rotatable bonds is 6. The topological polar surface area (TPSA) is 42.9 Å². The summed E-state index contributed by atoms with van der Waals surface area (Å²) in [5.74, 6) is 0.850. The van der Waals surface area contributed by atoms with Gasteiger partial charge in [0.05, 0.1) is 0 Å². The van der Waals surface area contributed by atoms with Crippen LogP contribution in [0.3, 0.4) is 0 Å². The molecule has 0 unspecified atom stereocenters. The fraction of sp³-hybridized carbons (Fsp3) is 0.632. The number of benzene rings is 1. The second-order valence-corrected chi connectivity index (χ2v) is 6.75. The summed E-state index contributed by atoms with van der Waals surface area (Å²) in [6.07, 6.45) is 0. The fourth-order valence-electron chi connectivity index (χ4n) is 2.94. The highest BCUT2D eigenvalue weighted by molar-refractivity contribution is 14.0. The lowest BCUT2D eigenvalue weighted by Crippen LogP contribution is -2.45. The SMILES string of the molecule is CCN1CCN(Cc2ccc(CNC(=NC)NC(C)C)cc2)CC1.I. The maximum absolute atomic E-state index is 4.24. The van der Waals surface area contributed by atoms with Gasteiger partial charge in [-0.05, 0) is 31.5 Å². The van der Waals surface area contributed by atoms with Gasteiger partial charge in [0, 0.05) is 52.4 Å². The van der Waals surface area contributed by atoms with Crippen LogP contribution in [0.1, 0.15) is 31.9 Å². The molecular formula is C19H34IN5. The summed E-state index contributed by atoms with van der Waals surface area (Å²) < 4.78 is 0. The van der Waals surface area contributed by atoms with E-state index in [2.05, 4.69) is 70.5 Å². The standard InChI is InChI=1S/C19H33N5.HI/c1-5-23-10-12-24(13-11-23)15-18-8-6-17(7-9-18)14-21-19(20-4)22-16(2)3;/h6-9,16H,5,10-15H2,1-4H3,(H2,20,21,22);1H. The van der Waals surface area contributed by atoms with E-state index in [0.29, 0.717) is 6.04 Å². The van der Waals surface area contributed by atoms with Crippen molar-refractivity contribution >= 4 is 29.9 Å². The van der Waals surface area contributed by atoms with Gasteiger partial charge in [-0.3, -0.25) is 9.89 Å². The van der Waals surface area contributed by atoms with Crippen LogP contribution >= 0.6 is 24.0 Å². The van der Waals surface area contributed by atoms with Gasteiger partial charge in [0.1, 0.15) is 0 Å². The first-order chi connectivity index (χ1) is 11.6. The highest BCUT2D eigenvalue weighted by Gasteiger charge is 2.15. The smallest absolute Gasteiger partial charge is 0.191 e. The van der Waals surface area contributed by atoms with Gasteiger partial charge in [-0.2, -0.15) is 0 Å². The first kappa shape index (κ1) is 22.2. The summed E-state index contributed by atoms with van der Waals surface area (Å²) in [5, 5.41) is 6.65. The third-order valence-corrected chi connectivity index (χ3v) is 4.45. The van der Waals surface area contributed by atoms with Gasteiger partial charge < -0.3 is 15.5 Å². The number of piperazine rings is 1. The first-order valence-corrected chi connectivity index (χ1v) is 9.10. The van der Waals surface area contributed by atoms with Gasteiger partial charge in [0.15, 0.2) is 5.96 Å². The number of guanidine groups is 1. The molecule has 1 aliphatic rings. The molecule has 0 aliphatic carbocycles. The number of hydrogen-bond donors (Lipinski definition) is 2. The van der Waals surface area contributed by atoms with Gasteiger partial charge in [-0.25, -0.2) is 0 Å². The number of halogens is 1. The molecular weight excluding hydrogens is 425 g/mol. The molecule has 0 spiro atoms. The van der Waals surface area contributed by atoms with Crippen molar-refractivity contribution in [2.45, 2.75) is 39.9 Å². The molecule has 1 aliphatic heterocycles. The van der Waals surface area contributed by atoms with E-state index >= 15 is 0 Å². The third-order valence-electron chi connectivity index (χ3n) is 4.45. The molecule has 25 heavy (non-hydrogen) atoms. The predicted octanol–water partition coefficient (Wildman–Crippen LogP) is 2.52. The van der Waals surface area contributed by atoms with E-state index < -0.39 is 0 Å². The van der Waals surface area contributed by atoms with Crippen LogP contribution in [0.15, 0.2) is 29.3 Å². The predicted molar refractivity (Wildman–Crippen MR) is 118 cm³/mol. The molecule has 0 saturated carbocycles. The molecule has 1 fully saturated rings. The molecule has 2 rings (SSSR count). The Morgan fingerprint density at radius 2 is 1.60 bits per heavy atom. The van der Waals surface area contributed by atoms with Crippen molar-refractivity contribution in [1.29, 1.82) is 0 Å². The molecule has 1 aromatic carbocycles. The van der Waals surface area contributed by atoms with Gasteiger partial charge in [-0.15, -0.1) is 24.0 Å². The van der Waals surface area contributed by atoms with Crippen molar-refractivity contribution in [3.8, 4) is 0 Å². The normalized spacial score (nSPS) is 16.6. The molecule has 0 bridgehead atoms. The Hall–Kier alpha value is -0.860. The Bertz CT molecular complexity index is 507. The minimum absolute atomic E-state index is 0. The van der Waals surface area contributed by atoms with Crippen LogP contribution in [0.25, 0.3) is 0 Å². The summed E-state index contributed by atoms with van der Waals surface area (Å²) in [6.45, 7) is 14.2. The average Bonchev–Trinajstić information content (AvgIpc) is 2.60. The van der Waals surface area contributed by atoms with Crippen molar-refractivity contribution in [2.75, 3.05) is 39.8 Å². The number of aliphatic imine (C=N–C) groups is 1. The Morgan fingerprint density at radius 3 is 2.12 bits per heavy atom. The van der Waals surface area contributed by atoms with E-state index in [0.717, 1.165) is 19.0 Å². The zero-order chi connectivity index (χ0) is 17.4. The molecule has 0 amide bonds. The van der Waals surface area contributed by atoms with E-state index in [1.807, 2.05) is 0 Å². The summed E-state index contributed by atoms with van der Waals surface area (Å²) in [6, 6.07) is 9.32. The van der Waals surface area contributed by atoms with Crippen LogP contribution in [0, 0.1) is 0 Å². The van der Waals surface area contributed by atoms with Gasteiger partial charge in [0.25, 0.3) is 0 Å². The minimum atomic E-state index is 0. The van der Waals surface area contributed by atoms with Crippen molar-refractivity contribution in [3.63, 3.8) is 0 Å². The van der Waals surface area contributed by atoms with Crippen LogP contribution < -0.4 is 10.6 Å². The molecule has 142 valence electrons. The third kappa shape index (κ3) is 7.92. The summed E-state index contributed by atoms with van der Waals surface area (Å²) in [5.41, 5.74) is 2.68. The zero-order valence-electron chi connectivity index (χ0n) is 16.1. The Morgan fingerprint density at radius 1 is 1.04 bits per heavy atom. The van der Waals surface area contributed by atoms with Crippen molar-refractivity contribution in [3.05, 3.63) is 35.4 Å². The highest BCUT2D eigenvalue weighted by atomic mass is 127. The maximum Gasteiger partial charge on any atom is 0.191 e. The van der Waals surface area contributed by atoms with E-state index in [9.17, 15) is 0 Å². The Labute approximate surface area is 170 Å². The number of likely N-dealkylation sites (N-methyl/N-ethyl adjacent to an activating group) is 1. The van der Waals surface area contributed by atoms with Crippen molar-refractivity contribution in [1.82, 2.24) is 20.4 Å². The fourth-order valence-corrected chi connectivity index (χ4v) is 2.94. The van der Waals surface area contributed by atoms with Crippen molar-refractivity contribution < 1.29 is 0 Å². The minimum Gasteiger partial charge on any atom is -0.354 e. The molecule has 2 N–H and O–H groups in total. The van der Waals surface area contributed by atoms with Crippen LogP contribution in [0.5, 0.6) is 0 Å².